The number of aliphatic hydroxyl groups excluding tert-OH is 1. The van der Waals surface area contributed by atoms with Crippen molar-refractivity contribution in [3.05, 3.63) is 34.9 Å². The number of rotatable bonds is 9. The molecule has 0 aromatic heterocycles. The van der Waals surface area contributed by atoms with E-state index in [9.17, 15) is 19.8 Å². The average molecular weight is 401 g/mol. The highest BCUT2D eigenvalue weighted by molar-refractivity contribution is 6.30. The fourth-order valence-corrected chi connectivity index (χ4v) is 3.35. The zero-order valence-corrected chi connectivity index (χ0v) is 16.0. The summed E-state index contributed by atoms with van der Waals surface area (Å²) in [5, 5.41) is 33.5. The van der Waals surface area contributed by atoms with Gasteiger partial charge in [-0.2, -0.15) is 5.06 Å². The molecule has 2 rings (SSSR count). The monoisotopic (exact) mass is 400 g/mol. The van der Waals surface area contributed by atoms with Crippen LogP contribution in [-0.2, 0) is 20.8 Å². The first kappa shape index (κ1) is 21.6. The molecular weight excluding hydrogens is 376 g/mol. The maximum Gasteiger partial charge on any atom is 0.338 e. The van der Waals surface area contributed by atoms with E-state index < -0.39 is 24.1 Å². The van der Waals surface area contributed by atoms with Crippen molar-refractivity contribution in [3.8, 4) is 0 Å². The lowest BCUT2D eigenvalue weighted by molar-refractivity contribution is -0.259. The molecule has 1 aromatic carbocycles. The van der Waals surface area contributed by atoms with Crippen molar-refractivity contribution >= 4 is 23.5 Å². The van der Waals surface area contributed by atoms with Gasteiger partial charge in [-0.05, 0) is 50.9 Å². The highest BCUT2D eigenvalue weighted by atomic mass is 35.5. The number of benzene rings is 1. The van der Waals surface area contributed by atoms with Crippen molar-refractivity contribution in [3.63, 3.8) is 0 Å². The van der Waals surface area contributed by atoms with Gasteiger partial charge in [0.05, 0.1) is 6.04 Å². The molecule has 0 radical (unpaired) electrons. The molecule has 1 fully saturated rings. The highest BCUT2D eigenvalue weighted by Crippen LogP contribution is 2.23. The molecule has 1 saturated heterocycles. The summed E-state index contributed by atoms with van der Waals surface area (Å²) in [6.45, 7) is 4.36. The van der Waals surface area contributed by atoms with Gasteiger partial charge in [-0.25, -0.2) is 9.59 Å². The van der Waals surface area contributed by atoms with E-state index >= 15 is 0 Å². The molecule has 1 unspecified atom stereocenters. The second-order valence-corrected chi connectivity index (χ2v) is 7.28. The Labute approximate surface area is 162 Å². The molecular formula is C18H25ClN2O6. The number of carboxylic acid groups (broad SMARTS) is 2. The summed E-state index contributed by atoms with van der Waals surface area (Å²) in [6, 6.07) is 7.05. The first-order valence-corrected chi connectivity index (χ1v) is 9.15. The first-order valence-electron chi connectivity index (χ1n) is 8.77. The molecule has 1 aromatic rings. The van der Waals surface area contributed by atoms with E-state index in [1.807, 2.05) is 26.0 Å². The number of hydrogen-bond donors (Lipinski definition) is 4. The summed E-state index contributed by atoms with van der Waals surface area (Å²) in [7, 11) is 0. The average Bonchev–Trinajstić information content (AvgIpc) is 3.04. The molecule has 8 nitrogen and oxygen atoms in total. The largest absolute Gasteiger partial charge is 0.479 e. The van der Waals surface area contributed by atoms with E-state index in [0.29, 0.717) is 24.4 Å². The fraction of sp³-hybridized carbons (Fsp3) is 0.556. The number of nitrogens with zero attached hydrogens (tertiary/aromatic N) is 1. The third kappa shape index (κ3) is 5.63. The summed E-state index contributed by atoms with van der Waals surface area (Å²) in [5.41, 5.74) is 1.06. The Kier molecular flexibility index (Phi) is 7.58. The summed E-state index contributed by atoms with van der Waals surface area (Å²) in [6.07, 6.45) is -2.67. The number of hydrogen-bond acceptors (Lipinski definition) is 6. The highest BCUT2D eigenvalue weighted by Gasteiger charge is 2.40. The van der Waals surface area contributed by atoms with Crippen molar-refractivity contribution in [2.45, 2.75) is 57.0 Å². The lowest BCUT2D eigenvalue weighted by Gasteiger charge is -2.36. The molecule has 27 heavy (non-hydrogen) atoms. The van der Waals surface area contributed by atoms with Gasteiger partial charge in [0.15, 0.2) is 6.10 Å². The second-order valence-electron chi connectivity index (χ2n) is 6.85. The standard InChI is InChI=1S/C18H25ClN2O6/c1-10(2)21(27-16(18(25)26)15(22)17(23)24)14-7-8-20-13(14)9-11-3-5-12(19)6-4-11/h3-6,10,13-16,20,22H,7-9H2,1-2H3,(H,23,24)(H,25,26)/t13?,14-,15+,16+/m0/s1. The minimum Gasteiger partial charge on any atom is -0.479 e. The SMILES string of the molecule is CC(C)N(O[C@@H](C(=O)O)[C@@H](O)C(=O)O)[C@H]1CCNC1Cc1ccc(Cl)cc1. The smallest absolute Gasteiger partial charge is 0.338 e. The van der Waals surface area contributed by atoms with E-state index in [-0.39, 0.29) is 18.1 Å². The summed E-state index contributed by atoms with van der Waals surface area (Å²) in [5.74, 6) is -3.18. The van der Waals surface area contributed by atoms with Gasteiger partial charge in [0.1, 0.15) is 0 Å². The molecule has 4 N–H and O–H groups in total. The van der Waals surface area contributed by atoms with Crippen LogP contribution < -0.4 is 5.32 Å². The molecule has 0 aliphatic carbocycles. The maximum absolute atomic E-state index is 11.4. The Morgan fingerprint density at radius 1 is 1.26 bits per heavy atom. The third-order valence-corrected chi connectivity index (χ3v) is 4.79. The van der Waals surface area contributed by atoms with Crippen LogP contribution in [0.25, 0.3) is 0 Å². The van der Waals surface area contributed by atoms with E-state index in [4.69, 9.17) is 21.5 Å². The van der Waals surface area contributed by atoms with Crippen LogP contribution in [0, 0.1) is 0 Å². The zero-order chi connectivity index (χ0) is 20.1. The Bertz CT molecular complexity index is 654. The van der Waals surface area contributed by atoms with Gasteiger partial charge in [0.25, 0.3) is 0 Å². The molecule has 9 heteroatoms. The van der Waals surface area contributed by atoms with Crippen LogP contribution in [0.2, 0.25) is 5.02 Å². The van der Waals surface area contributed by atoms with Crippen molar-refractivity contribution in [2.75, 3.05) is 6.54 Å². The fourth-order valence-electron chi connectivity index (χ4n) is 3.22. The van der Waals surface area contributed by atoms with Gasteiger partial charge in [0, 0.05) is 17.1 Å². The van der Waals surface area contributed by atoms with Gasteiger partial charge < -0.3 is 20.6 Å². The number of aliphatic hydroxyl groups is 1. The number of nitrogens with one attached hydrogen (secondary N) is 1. The number of hydroxylamine groups is 2. The molecule has 1 aliphatic heterocycles. The van der Waals surface area contributed by atoms with Crippen molar-refractivity contribution in [2.24, 2.45) is 0 Å². The Hall–Kier alpha value is -1.71. The molecule has 0 spiro atoms. The van der Waals surface area contributed by atoms with Crippen LogP contribution in [0.15, 0.2) is 24.3 Å². The van der Waals surface area contributed by atoms with E-state index in [0.717, 1.165) is 5.56 Å². The van der Waals surface area contributed by atoms with Crippen LogP contribution in [0.3, 0.4) is 0 Å². The molecule has 0 bridgehead atoms. The van der Waals surface area contributed by atoms with Crippen LogP contribution >= 0.6 is 11.6 Å². The van der Waals surface area contributed by atoms with E-state index in [2.05, 4.69) is 5.32 Å². The third-order valence-electron chi connectivity index (χ3n) is 4.53. The van der Waals surface area contributed by atoms with Gasteiger partial charge in [-0.1, -0.05) is 23.7 Å². The maximum atomic E-state index is 11.4. The number of carbonyl (C=O) groups is 2. The topological polar surface area (TPSA) is 119 Å². The summed E-state index contributed by atoms with van der Waals surface area (Å²) < 4.78 is 0. The first-order chi connectivity index (χ1) is 12.7. The Morgan fingerprint density at radius 2 is 1.89 bits per heavy atom. The molecule has 4 atom stereocenters. The number of halogens is 1. The molecule has 150 valence electrons. The van der Waals surface area contributed by atoms with Gasteiger partial charge in [0.2, 0.25) is 6.10 Å². The summed E-state index contributed by atoms with van der Waals surface area (Å²) >= 11 is 5.92. The predicted molar refractivity (Wildman–Crippen MR) is 98.5 cm³/mol. The van der Waals surface area contributed by atoms with Gasteiger partial charge in [-0.15, -0.1) is 0 Å². The number of aliphatic carboxylic acids is 2. The van der Waals surface area contributed by atoms with Crippen molar-refractivity contribution < 1.29 is 29.7 Å². The Morgan fingerprint density at radius 3 is 2.41 bits per heavy atom. The van der Waals surface area contributed by atoms with Crippen LogP contribution in [0.1, 0.15) is 25.8 Å². The summed E-state index contributed by atoms with van der Waals surface area (Å²) in [4.78, 5) is 27.9. The lowest BCUT2D eigenvalue weighted by atomic mass is 10.00. The Balaban J connectivity index is 2.16. The van der Waals surface area contributed by atoms with Crippen molar-refractivity contribution in [1.82, 2.24) is 10.4 Å². The van der Waals surface area contributed by atoms with E-state index in [1.165, 1.54) is 5.06 Å². The normalized spacial score (nSPS) is 22.1. The van der Waals surface area contributed by atoms with Crippen molar-refractivity contribution in [1.29, 1.82) is 0 Å². The minimum absolute atomic E-state index is 0.0232. The van der Waals surface area contributed by atoms with Crippen LogP contribution in [-0.4, -0.2) is 69.2 Å². The minimum atomic E-state index is -2.16. The number of carboxylic acids is 2. The second kappa shape index (κ2) is 9.48. The zero-order valence-electron chi connectivity index (χ0n) is 15.2. The van der Waals surface area contributed by atoms with E-state index in [1.54, 1.807) is 12.1 Å². The predicted octanol–water partition coefficient (Wildman–Crippen LogP) is 1.15. The molecule has 0 amide bonds. The van der Waals surface area contributed by atoms with Crippen LogP contribution in [0.4, 0.5) is 0 Å². The van der Waals surface area contributed by atoms with Gasteiger partial charge >= 0.3 is 11.9 Å². The molecule has 1 aliphatic rings. The lowest BCUT2D eigenvalue weighted by Crippen LogP contribution is -2.53. The molecule has 0 saturated carbocycles. The van der Waals surface area contributed by atoms with Gasteiger partial charge in [-0.3, -0.25) is 4.84 Å². The molecule has 1 heterocycles. The van der Waals surface area contributed by atoms with Crippen LogP contribution in [0.5, 0.6) is 0 Å². The quantitative estimate of drug-likeness (QED) is 0.456.